The molecule has 0 aromatic heterocycles. The van der Waals surface area contributed by atoms with Gasteiger partial charge in [0.15, 0.2) is 0 Å². The molecule has 0 aromatic carbocycles. The van der Waals surface area contributed by atoms with E-state index in [1.54, 1.807) is 0 Å². The van der Waals surface area contributed by atoms with Crippen molar-refractivity contribution in [1.82, 2.24) is 0 Å². The molecule has 3 atom stereocenters. The van der Waals surface area contributed by atoms with Gasteiger partial charge < -0.3 is 5.73 Å². The van der Waals surface area contributed by atoms with Gasteiger partial charge in [-0.25, -0.2) is 0 Å². The van der Waals surface area contributed by atoms with Crippen molar-refractivity contribution in [2.45, 2.75) is 18.9 Å². The lowest BCUT2D eigenvalue weighted by molar-refractivity contribution is 0.673. The van der Waals surface area contributed by atoms with E-state index >= 15 is 0 Å². The Kier molecular flexibility index (Phi) is 0.770. The summed E-state index contributed by atoms with van der Waals surface area (Å²) in [7, 11) is 0. The van der Waals surface area contributed by atoms with Crippen LogP contribution in [0.4, 0.5) is 0 Å². The molecular formula is C7H11N. The van der Waals surface area contributed by atoms with Gasteiger partial charge in [-0.1, -0.05) is 12.2 Å². The maximum atomic E-state index is 5.72. The molecule has 1 heteroatoms. The quantitative estimate of drug-likeness (QED) is 0.460. The molecule has 8 heavy (non-hydrogen) atoms. The van der Waals surface area contributed by atoms with E-state index in [0.29, 0.717) is 6.04 Å². The summed E-state index contributed by atoms with van der Waals surface area (Å²) in [5, 5.41) is 0. The van der Waals surface area contributed by atoms with Crippen molar-refractivity contribution in [1.29, 1.82) is 0 Å². The van der Waals surface area contributed by atoms with E-state index in [2.05, 4.69) is 12.2 Å². The number of rotatable bonds is 0. The van der Waals surface area contributed by atoms with Crippen molar-refractivity contribution in [2.75, 3.05) is 0 Å². The summed E-state index contributed by atoms with van der Waals surface area (Å²) < 4.78 is 0. The molecule has 0 unspecified atom stereocenters. The van der Waals surface area contributed by atoms with Gasteiger partial charge in [0.2, 0.25) is 0 Å². The Morgan fingerprint density at radius 1 is 1.50 bits per heavy atom. The molecule has 1 saturated carbocycles. The molecule has 0 radical (unpaired) electrons. The van der Waals surface area contributed by atoms with Crippen molar-refractivity contribution < 1.29 is 0 Å². The van der Waals surface area contributed by atoms with Gasteiger partial charge in [-0.3, -0.25) is 0 Å². The second-order valence-corrected chi connectivity index (χ2v) is 2.82. The van der Waals surface area contributed by atoms with Gasteiger partial charge in [-0.2, -0.15) is 0 Å². The van der Waals surface area contributed by atoms with E-state index in [-0.39, 0.29) is 0 Å². The van der Waals surface area contributed by atoms with Crippen LogP contribution in [0.15, 0.2) is 12.2 Å². The van der Waals surface area contributed by atoms with Gasteiger partial charge in [0, 0.05) is 6.04 Å². The molecular weight excluding hydrogens is 98.1 g/mol. The van der Waals surface area contributed by atoms with Crippen molar-refractivity contribution in [3.63, 3.8) is 0 Å². The summed E-state index contributed by atoms with van der Waals surface area (Å²) in [4.78, 5) is 0. The number of nitrogens with two attached hydrogens (primary N) is 1. The van der Waals surface area contributed by atoms with Crippen LogP contribution in [0, 0.1) is 11.8 Å². The second-order valence-electron chi connectivity index (χ2n) is 2.82. The van der Waals surface area contributed by atoms with E-state index in [1.807, 2.05) is 0 Å². The van der Waals surface area contributed by atoms with Crippen LogP contribution in [0.1, 0.15) is 12.8 Å². The molecule has 0 bridgehead atoms. The molecule has 0 amide bonds. The molecule has 1 nitrogen and oxygen atoms in total. The normalized spacial score (nSPS) is 50.9. The molecule has 0 aliphatic heterocycles. The van der Waals surface area contributed by atoms with Crippen molar-refractivity contribution >= 4 is 0 Å². The van der Waals surface area contributed by atoms with Crippen LogP contribution in [0.3, 0.4) is 0 Å². The van der Waals surface area contributed by atoms with Gasteiger partial charge in [-0.05, 0) is 24.7 Å². The Morgan fingerprint density at radius 2 is 2.38 bits per heavy atom. The first kappa shape index (κ1) is 4.57. The monoisotopic (exact) mass is 109 g/mol. The highest BCUT2D eigenvalue weighted by Crippen LogP contribution is 2.44. The van der Waals surface area contributed by atoms with Crippen LogP contribution in [0.2, 0.25) is 0 Å². The fourth-order valence-corrected chi connectivity index (χ4v) is 1.63. The largest absolute Gasteiger partial charge is 0.327 e. The van der Waals surface area contributed by atoms with Crippen LogP contribution < -0.4 is 5.73 Å². The third kappa shape index (κ3) is 0.451. The molecule has 2 aliphatic carbocycles. The van der Waals surface area contributed by atoms with Crippen LogP contribution in [-0.2, 0) is 0 Å². The van der Waals surface area contributed by atoms with Gasteiger partial charge in [0.25, 0.3) is 0 Å². The molecule has 2 N–H and O–H groups in total. The lowest BCUT2D eigenvalue weighted by Crippen LogP contribution is -2.01. The summed E-state index contributed by atoms with van der Waals surface area (Å²) >= 11 is 0. The third-order valence-corrected chi connectivity index (χ3v) is 2.32. The molecule has 0 heterocycles. The summed E-state index contributed by atoms with van der Waals surface area (Å²) in [6.07, 6.45) is 7.13. The maximum Gasteiger partial charge on any atom is 0.0140 e. The zero-order valence-electron chi connectivity index (χ0n) is 4.88. The van der Waals surface area contributed by atoms with Gasteiger partial charge in [0.1, 0.15) is 0 Å². The molecule has 0 saturated heterocycles. The topological polar surface area (TPSA) is 26.0 Å². The Labute approximate surface area is 49.6 Å². The Balaban J connectivity index is 2.12. The minimum absolute atomic E-state index is 0.522. The standard InChI is InChI=1S/C7H11N/c8-7-5-3-1-2-4-6(5)7/h1,3,5-7H,2,4,8H2/t5-,6+,7+/m0/s1. The smallest absolute Gasteiger partial charge is 0.0140 e. The van der Waals surface area contributed by atoms with Gasteiger partial charge >= 0.3 is 0 Å². The first-order valence-corrected chi connectivity index (χ1v) is 3.32. The highest BCUT2D eigenvalue weighted by molar-refractivity contribution is 5.15. The van der Waals surface area contributed by atoms with E-state index in [1.165, 1.54) is 12.8 Å². The Hall–Kier alpha value is -0.300. The zero-order valence-corrected chi connectivity index (χ0v) is 4.88. The van der Waals surface area contributed by atoms with Crippen LogP contribution in [0.25, 0.3) is 0 Å². The predicted octanol–water partition coefficient (Wildman–Crippen LogP) is 0.910. The number of fused-ring (bicyclic) bond motifs is 1. The molecule has 44 valence electrons. The second kappa shape index (κ2) is 1.35. The number of hydrogen-bond acceptors (Lipinski definition) is 1. The summed E-state index contributed by atoms with van der Waals surface area (Å²) in [6.45, 7) is 0. The number of allylic oxidation sites excluding steroid dienone is 1. The average molecular weight is 109 g/mol. The summed E-state index contributed by atoms with van der Waals surface area (Å²) in [5.41, 5.74) is 5.72. The minimum atomic E-state index is 0.522. The summed E-state index contributed by atoms with van der Waals surface area (Å²) in [5.74, 6) is 1.63. The van der Waals surface area contributed by atoms with E-state index in [4.69, 9.17) is 5.73 Å². The van der Waals surface area contributed by atoms with Crippen molar-refractivity contribution in [3.8, 4) is 0 Å². The first-order chi connectivity index (χ1) is 3.89. The van der Waals surface area contributed by atoms with Crippen LogP contribution in [0.5, 0.6) is 0 Å². The van der Waals surface area contributed by atoms with Crippen molar-refractivity contribution in [3.05, 3.63) is 12.2 Å². The Bertz CT molecular complexity index is 128. The highest BCUT2D eigenvalue weighted by Gasteiger charge is 2.45. The van der Waals surface area contributed by atoms with E-state index < -0.39 is 0 Å². The van der Waals surface area contributed by atoms with Gasteiger partial charge in [0.05, 0.1) is 0 Å². The van der Waals surface area contributed by atoms with E-state index in [0.717, 1.165) is 11.8 Å². The minimum Gasteiger partial charge on any atom is -0.327 e. The molecule has 2 rings (SSSR count). The van der Waals surface area contributed by atoms with Crippen LogP contribution >= 0.6 is 0 Å². The predicted molar refractivity (Wildman–Crippen MR) is 33.3 cm³/mol. The Morgan fingerprint density at radius 3 is 2.88 bits per heavy atom. The van der Waals surface area contributed by atoms with Crippen LogP contribution in [-0.4, -0.2) is 6.04 Å². The van der Waals surface area contributed by atoms with Gasteiger partial charge in [-0.15, -0.1) is 0 Å². The maximum absolute atomic E-state index is 5.72. The first-order valence-electron chi connectivity index (χ1n) is 3.32. The molecule has 0 aromatic rings. The molecule has 1 fully saturated rings. The highest BCUT2D eigenvalue weighted by atomic mass is 14.8. The lowest BCUT2D eigenvalue weighted by atomic mass is 10.1. The third-order valence-electron chi connectivity index (χ3n) is 2.32. The van der Waals surface area contributed by atoms with E-state index in [9.17, 15) is 0 Å². The zero-order chi connectivity index (χ0) is 5.56. The number of hydrogen-bond donors (Lipinski definition) is 1. The lowest BCUT2D eigenvalue weighted by Gasteiger charge is -1.96. The van der Waals surface area contributed by atoms with Crippen molar-refractivity contribution in [2.24, 2.45) is 17.6 Å². The summed E-state index contributed by atoms with van der Waals surface area (Å²) in [6, 6.07) is 0.522. The SMILES string of the molecule is N[C@@H]1[C@H]2C=CCC[C@@H]12. The fraction of sp³-hybridized carbons (Fsp3) is 0.714. The molecule has 2 aliphatic rings. The fourth-order valence-electron chi connectivity index (χ4n) is 1.63. The average Bonchev–Trinajstić information content (AvgIpc) is 2.46. The molecule has 0 spiro atoms.